The molecule has 1 saturated heterocycles. The van der Waals surface area contributed by atoms with Gasteiger partial charge in [-0.05, 0) is 25.0 Å². The predicted octanol–water partition coefficient (Wildman–Crippen LogP) is 1.01. The van der Waals surface area contributed by atoms with E-state index in [9.17, 15) is 9.59 Å². The van der Waals surface area contributed by atoms with Crippen LogP contribution in [0.5, 0.6) is 0 Å². The maximum atomic E-state index is 12.5. The van der Waals surface area contributed by atoms with Gasteiger partial charge in [-0.3, -0.25) is 9.59 Å². The van der Waals surface area contributed by atoms with Gasteiger partial charge in [0.15, 0.2) is 0 Å². The Morgan fingerprint density at radius 1 is 1.40 bits per heavy atom. The number of nitrogens with two attached hydrogens (primary N) is 1. The van der Waals surface area contributed by atoms with Crippen molar-refractivity contribution in [3.63, 3.8) is 0 Å². The van der Waals surface area contributed by atoms with Crippen molar-refractivity contribution < 1.29 is 4.79 Å². The van der Waals surface area contributed by atoms with Gasteiger partial charge in [0.1, 0.15) is 5.56 Å². The van der Waals surface area contributed by atoms with Crippen LogP contribution >= 0.6 is 0 Å². The Morgan fingerprint density at radius 2 is 2.15 bits per heavy atom. The molecule has 1 amide bonds. The number of nitrogens with one attached hydrogen (secondary N) is 1. The summed E-state index contributed by atoms with van der Waals surface area (Å²) in [5, 5.41) is 0.902. The normalized spacial score (nSPS) is 18.7. The molecule has 0 bridgehead atoms. The summed E-state index contributed by atoms with van der Waals surface area (Å²) < 4.78 is 0. The van der Waals surface area contributed by atoms with Gasteiger partial charge in [0.2, 0.25) is 0 Å². The number of rotatable bonds is 1. The van der Waals surface area contributed by atoms with Crippen LogP contribution in [0.4, 0.5) is 0 Å². The van der Waals surface area contributed by atoms with Crippen LogP contribution in [0.3, 0.4) is 0 Å². The van der Waals surface area contributed by atoms with Crippen molar-refractivity contribution in [1.82, 2.24) is 9.88 Å². The number of hydrogen-bond acceptors (Lipinski definition) is 3. The first-order valence-corrected chi connectivity index (χ1v) is 6.74. The highest BCUT2D eigenvalue weighted by molar-refractivity contribution is 6.00. The molecule has 0 saturated carbocycles. The first-order chi connectivity index (χ1) is 9.58. The zero-order valence-electron chi connectivity index (χ0n) is 11.3. The second-order valence-corrected chi connectivity index (χ2v) is 5.30. The van der Waals surface area contributed by atoms with E-state index in [0.717, 1.165) is 22.9 Å². The Kier molecular flexibility index (Phi) is 3.06. The highest BCUT2D eigenvalue weighted by atomic mass is 16.2. The number of nitrogens with zero attached hydrogens (tertiary/aromatic N) is 1. The first kappa shape index (κ1) is 12.9. The minimum Gasteiger partial charge on any atom is -0.337 e. The van der Waals surface area contributed by atoms with Crippen molar-refractivity contribution in [2.24, 2.45) is 5.73 Å². The van der Waals surface area contributed by atoms with Crippen molar-refractivity contribution in [2.45, 2.75) is 19.4 Å². The standard InChI is InChI=1S/C15H17N3O2/c1-9-11-4-2-3-5-12(11)17-14(19)13(9)15(20)18-7-6-10(16)8-18/h2-5,10H,6-8,16H2,1H3,(H,17,19). The van der Waals surface area contributed by atoms with Crippen LogP contribution in [-0.4, -0.2) is 34.9 Å². The summed E-state index contributed by atoms with van der Waals surface area (Å²) in [5.41, 5.74) is 7.22. The van der Waals surface area contributed by atoms with E-state index in [0.29, 0.717) is 13.1 Å². The number of carbonyl (C=O) groups excluding carboxylic acids is 1. The fourth-order valence-electron chi connectivity index (χ4n) is 2.80. The molecule has 5 heteroatoms. The Labute approximate surface area is 116 Å². The molecule has 2 aromatic rings. The van der Waals surface area contributed by atoms with E-state index in [-0.39, 0.29) is 23.1 Å². The predicted molar refractivity (Wildman–Crippen MR) is 77.8 cm³/mol. The summed E-state index contributed by atoms with van der Waals surface area (Å²) in [7, 11) is 0. The van der Waals surface area contributed by atoms with Gasteiger partial charge in [-0.2, -0.15) is 0 Å². The van der Waals surface area contributed by atoms with E-state index >= 15 is 0 Å². The third-order valence-corrected chi connectivity index (χ3v) is 3.91. The summed E-state index contributed by atoms with van der Waals surface area (Å²) in [4.78, 5) is 29.2. The molecule has 3 rings (SSSR count). The molecule has 1 aliphatic heterocycles. The quantitative estimate of drug-likeness (QED) is 0.812. The van der Waals surface area contributed by atoms with Crippen LogP contribution in [0.1, 0.15) is 22.3 Å². The lowest BCUT2D eigenvalue weighted by molar-refractivity contribution is 0.0788. The largest absolute Gasteiger partial charge is 0.337 e. The van der Waals surface area contributed by atoms with Crippen molar-refractivity contribution >= 4 is 16.8 Å². The molecule has 3 N–H and O–H groups in total. The molecule has 1 fully saturated rings. The Balaban J connectivity index is 2.12. The average Bonchev–Trinajstić information content (AvgIpc) is 2.85. The Morgan fingerprint density at radius 3 is 2.85 bits per heavy atom. The molecule has 1 atom stereocenters. The number of fused-ring (bicyclic) bond motifs is 1. The van der Waals surface area contributed by atoms with E-state index in [2.05, 4.69) is 4.98 Å². The van der Waals surface area contributed by atoms with Crippen LogP contribution < -0.4 is 11.3 Å². The Hall–Kier alpha value is -2.14. The van der Waals surface area contributed by atoms with Crippen molar-refractivity contribution in [3.05, 3.63) is 45.7 Å². The monoisotopic (exact) mass is 271 g/mol. The van der Waals surface area contributed by atoms with Gasteiger partial charge < -0.3 is 15.6 Å². The molecule has 0 radical (unpaired) electrons. The van der Waals surface area contributed by atoms with Gasteiger partial charge in [-0.15, -0.1) is 0 Å². The summed E-state index contributed by atoms with van der Waals surface area (Å²) in [6.07, 6.45) is 0.788. The topological polar surface area (TPSA) is 79.2 Å². The Bertz CT molecular complexity index is 735. The molecule has 1 aromatic carbocycles. The van der Waals surface area contributed by atoms with E-state index in [4.69, 9.17) is 5.73 Å². The average molecular weight is 271 g/mol. The lowest BCUT2D eigenvalue weighted by atomic mass is 10.0. The van der Waals surface area contributed by atoms with Crippen LogP contribution in [0, 0.1) is 6.92 Å². The summed E-state index contributed by atoms with van der Waals surface area (Å²) >= 11 is 0. The van der Waals surface area contributed by atoms with E-state index in [1.807, 2.05) is 31.2 Å². The number of carbonyl (C=O) groups is 1. The van der Waals surface area contributed by atoms with Gasteiger partial charge in [-0.1, -0.05) is 18.2 Å². The van der Waals surface area contributed by atoms with E-state index in [1.54, 1.807) is 4.90 Å². The van der Waals surface area contributed by atoms with Crippen LogP contribution in [0.2, 0.25) is 0 Å². The van der Waals surface area contributed by atoms with Crippen LogP contribution in [-0.2, 0) is 0 Å². The zero-order valence-corrected chi connectivity index (χ0v) is 11.3. The van der Waals surface area contributed by atoms with Crippen LogP contribution in [0.25, 0.3) is 10.9 Å². The molecule has 2 heterocycles. The molecule has 0 spiro atoms. The molecule has 1 aliphatic rings. The molecule has 5 nitrogen and oxygen atoms in total. The fourth-order valence-corrected chi connectivity index (χ4v) is 2.80. The highest BCUT2D eigenvalue weighted by Crippen LogP contribution is 2.19. The van der Waals surface area contributed by atoms with Gasteiger partial charge in [-0.25, -0.2) is 0 Å². The van der Waals surface area contributed by atoms with Gasteiger partial charge in [0.25, 0.3) is 11.5 Å². The second kappa shape index (κ2) is 4.76. The maximum Gasteiger partial charge on any atom is 0.261 e. The lowest BCUT2D eigenvalue weighted by Gasteiger charge is -2.17. The molecule has 0 aliphatic carbocycles. The number of aryl methyl sites for hydroxylation is 1. The number of likely N-dealkylation sites (tertiary alicyclic amines) is 1. The minimum atomic E-state index is -0.327. The second-order valence-electron chi connectivity index (χ2n) is 5.30. The number of H-pyrrole nitrogens is 1. The van der Waals surface area contributed by atoms with Crippen molar-refractivity contribution in [2.75, 3.05) is 13.1 Å². The number of aromatic amines is 1. The number of amides is 1. The summed E-state index contributed by atoms with van der Waals surface area (Å²) in [6.45, 7) is 2.96. The number of benzene rings is 1. The number of aromatic nitrogens is 1. The smallest absolute Gasteiger partial charge is 0.261 e. The summed E-state index contributed by atoms with van der Waals surface area (Å²) in [6, 6.07) is 7.52. The van der Waals surface area contributed by atoms with Gasteiger partial charge >= 0.3 is 0 Å². The van der Waals surface area contributed by atoms with E-state index in [1.165, 1.54) is 0 Å². The molecule has 1 aromatic heterocycles. The molecule has 104 valence electrons. The molecular weight excluding hydrogens is 254 g/mol. The summed E-state index contributed by atoms with van der Waals surface area (Å²) in [5.74, 6) is -0.220. The third-order valence-electron chi connectivity index (χ3n) is 3.91. The van der Waals surface area contributed by atoms with Gasteiger partial charge in [0, 0.05) is 30.0 Å². The van der Waals surface area contributed by atoms with Crippen molar-refractivity contribution in [1.29, 1.82) is 0 Å². The number of pyridine rings is 1. The highest BCUT2D eigenvalue weighted by Gasteiger charge is 2.27. The molecular formula is C15H17N3O2. The maximum absolute atomic E-state index is 12.5. The molecule has 20 heavy (non-hydrogen) atoms. The number of hydrogen-bond donors (Lipinski definition) is 2. The zero-order chi connectivity index (χ0) is 14.3. The molecule has 1 unspecified atom stereocenters. The van der Waals surface area contributed by atoms with Crippen LogP contribution in [0.15, 0.2) is 29.1 Å². The van der Waals surface area contributed by atoms with Crippen molar-refractivity contribution in [3.8, 4) is 0 Å². The van der Waals surface area contributed by atoms with Gasteiger partial charge in [0.05, 0.1) is 0 Å². The van der Waals surface area contributed by atoms with E-state index < -0.39 is 0 Å². The third kappa shape index (κ3) is 2.00. The first-order valence-electron chi connectivity index (χ1n) is 6.74. The fraction of sp³-hybridized carbons (Fsp3) is 0.333. The lowest BCUT2D eigenvalue weighted by Crippen LogP contribution is -2.35. The number of para-hydroxylation sites is 1. The minimum absolute atomic E-state index is 0.0128. The SMILES string of the molecule is Cc1c(C(=O)N2CCC(N)C2)c(=O)[nH]c2ccccc12.